The SMILES string of the molecule is O=C(COc1ccc(Cl)cc1S(=O)(=O)N1CCCC1)NCCC1=CCCCC1. The Bertz CT molecular complexity index is 833. The van der Waals surface area contributed by atoms with Crippen molar-refractivity contribution in [2.24, 2.45) is 0 Å². The molecule has 28 heavy (non-hydrogen) atoms. The number of ether oxygens (including phenoxy) is 1. The number of halogens is 1. The first-order valence-corrected chi connectivity index (χ1v) is 11.7. The highest BCUT2D eigenvalue weighted by Gasteiger charge is 2.30. The maximum Gasteiger partial charge on any atom is 0.257 e. The van der Waals surface area contributed by atoms with E-state index in [1.807, 2.05) is 0 Å². The lowest BCUT2D eigenvalue weighted by Crippen LogP contribution is -2.31. The molecule has 3 rings (SSSR count). The van der Waals surface area contributed by atoms with Gasteiger partial charge in [0.1, 0.15) is 10.6 Å². The smallest absolute Gasteiger partial charge is 0.257 e. The fourth-order valence-corrected chi connectivity index (χ4v) is 5.47. The highest BCUT2D eigenvalue weighted by atomic mass is 35.5. The molecular weight excluding hydrogens is 400 g/mol. The van der Waals surface area contributed by atoms with Crippen LogP contribution in [0, 0.1) is 0 Å². The Morgan fingerprint density at radius 1 is 1.18 bits per heavy atom. The Morgan fingerprint density at radius 2 is 1.96 bits per heavy atom. The summed E-state index contributed by atoms with van der Waals surface area (Å²) in [5.74, 6) is -0.114. The molecule has 1 aromatic carbocycles. The van der Waals surface area contributed by atoms with Gasteiger partial charge in [0.25, 0.3) is 5.91 Å². The minimum absolute atomic E-state index is 0.0158. The van der Waals surface area contributed by atoms with Gasteiger partial charge in [0.05, 0.1) is 0 Å². The summed E-state index contributed by atoms with van der Waals surface area (Å²) in [4.78, 5) is 12.1. The minimum Gasteiger partial charge on any atom is -0.482 e. The molecule has 0 aromatic heterocycles. The van der Waals surface area contributed by atoms with Gasteiger partial charge in [0, 0.05) is 24.7 Å². The molecule has 0 bridgehead atoms. The van der Waals surface area contributed by atoms with Gasteiger partial charge in [-0.1, -0.05) is 23.3 Å². The predicted molar refractivity (Wildman–Crippen MR) is 109 cm³/mol. The quantitative estimate of drug-likeness (QED) is 0.645. The van der Waals surface area contributed by atoms with Crippen LogP contribution in [0.4, 0.5) is 0 Å². The van der Waals surface area contributed by atoms with Gasteiger partial charge in [-0.3, -0.25) is 4.79 Å². The number of nitrogens with one attached hydrogen (secondary N) is 1. The van der Waals surface area contributed by atoms with Crippen LogP contribution in [0.25, 0.3) is 0 Å². The molecule has 0 unspecified atom stereocenters. The molecule has 1 aliphatic heterocycles. The number of benzene rings is 1. The summed E-state index contributed by atoms with van der Waals surface area (Å²) in [6.45, 7) is 1.31. The van der Waals surface area contributed by atoms with E-state index < -0.39 is 10.0 Å². The lowest BCUT2D eigenvalue weighted by Gasteiger charge is -2.18. The van der Waals surface area contributed by atoms with Crippen LogP contribution in [0.5, 0.6) is 5.75 Å². The molecule has 1 aliphatic carbocycles. The van der Waals surface area contributed by atoms with Gasteiger partial charge in [-0.2, -0.15) is 4.31 Å². The Kier molecular flexibility index (Phi) is 7.37. The summed E-state index contributed by atoms with van der Waals surface area (Å²) in [6.07, 6.45) is 9.48. The van der Waals surface area contributed by atoms with Crippen molar-refractivity contribution < 1.29 is 17.9 Å². The second kappa shape index (κ2) is 9.76. The topological polar surface area (TPSA) is 75.7 Å². The second-order valence-electron chi connectivity index (χ2n) is 7.20. The van der Waals surface area contributed by atoms with Crippen LogP contribution in [0.15, 0.2) is 34.7 Å². The van der Waals surface area contributed by atoms with E-state index in [1.165, 1.54) is 34.9 Å². The van der Waals surface area contributed by atoms with E-state index >= 15 is 0 Å². The van der Waals surface area contributed by atoms with Gasteiger partial charge in [-0.25, -0.2) is 8.42 Å². The van der Waals surface area contributed by atoms with Gasteiger partial charge >= 0.3 is 0 Å². The lowest BCUT2D eigenvalue weighted by molar-refractivity contribution is -0.123. The first-order chi connectivity index (χ1) is 13.5. The van der Waals surface area contributed by atoms with E-state index in [0.717, 1.165) is 32.1 Å². The number of carbonyl (C=O) groups excluding carboxylic acids is 1. The van der Waals surface area contributed by atoms with Crippen LogP contribution < -0.4 is 10.1 Å². The molecule has 0 saturated carbocycles. The molecule has 1 N–H and O–H groups in total. The van der Waals surface area contributed by atoms with E-state index in [-0.39, 0.29) is 23.2 Å². The van der Waals surface area contributed by atoms with Gasteiger partial charge < -0.3 is 10.1 Å². The molecule has 2 aliphatic rings. The van der Waals surface area contributed by atoms with Crippen molar-refractivity contribution in [3.63, 3.8) is 0 Å². The van der Waals surface area contributed by atoms with Crippen LogP contribution in [0.1, 0.15) is 44.9 Å². The molecule has 1 amide bonds. The summed E-state index contributed by atoms with van der Waals surface area (Å²) >= 11 is 6.01. The van der Waals surface area contributed by atoms with Crippen LogP contribution in [0.3, 0.4) is 0 Å². The van der Waals surface area contributed by atoms with Crippen LogP contribution >= 0.6 is 11.6 Å². The third kappa shape index (κ3) is 5.49. The van der Waals surface area contributed by atoms with Crippen molar-refractivity contribution in [1.29, 1.82) is 0 Å². The molecule has 0 spiro atoms. The first kappa shape index (κ1) is 21.1. The summed E-state index contributed by atoms with van der Waals surface area (Å²) in [5, 5.41) is 3.15. The Morgan fingerprint density at radius 3 is 2.68 bits per heavy atom. The standard InChI is InChI=1S/C20H27ClN2O4S/c21-17-8-9-18(19(14-17)28(25,26)23-12-4-5-13-23)27-15-20(24)22-11-10-16-6-2-1-3-7-16/h6,8-9,14H,1-5,7,10-13,15H2,(H,22,24). The van der Waals surface area contributed by atoms with Gasteiger partial charge in [0.15, 0.2) is 6.61 Å². The Hall–Kier alpha value is -1.57. The van der Waals surface area contributed by atoms with Crippen LogP contribution in [-0.2, 0) is 14.8 Å². The third-order valence-electron chi connectivity index (χ3n) is 5.10. The number of nitrogens with zero attached hydrogens (tertiary/aromatic N) is 1. The number of sulfonamides is 1. The van der Waals surface area contributed by atoms with Crippen molar-refractivity contribution in [2.75, 3.05) is 26.2 Å². The highest BCUT2D eigenvalue weighted by Crippen LogP contribution is 2.31. The average molecular weight is 427 g/mol. The number of rotatable bonds is 8. The second-order valence-corrected chi connectivity index (χ2v) is 9.54. The molecule has 1 aromatic rings. The molecule has 1 heterocycles. The zero-order valence-corrected chi connectivity index (χ0v) is 17.5. The fourth-order valence-electron chi connectivity index (χ4n) is 3.56. The van der Waals surface area contributed by atoms with E-state index in [0.29, 0.717) is 24.7 Å². The lowest BCUT2D eigenvalue weighted by atomic mass is 9.97. The molecule has 0 radical (unpaired) electrons. The number of carbonyl (C=O) groups is 1. The first-order valence-electron chi connectivity index (χ1n) is 9.84. The molecule has 1 saturated heterocycles. The van der Waals surface area contributed by atoms with E-state index in [9.17, 15) is 13.2 Å². The number of hydrogen-bond donors (Lipinski definition) is 1. The van der Waals surface area contributed by atoms with Crippen LogP contribution in [0.2, 0.25) is 5.02 Å². The highest BCUT2D eigenvalue weighted by molar-refractivity contribution is 7.89. The summed E-state index contributed by atoms with van der Waals surface area (Å²) < 4.78 is 32.7. The number of hydrogen-bond acceptors (Lipinski definition) is 4. The van der Waals surface area contributed by atoms with E-state index in [2.05, 4.69) is 11.4 Å². The molecule has 0 atom stereocenters. The molecule has 8 heteroatoms. The monoisotopic (exact) mass is 426 g/mol. The maximum atomic E-state index is 12.9. The maximum absolute atomic E-state index is 12.9. The van der Waals surface area contributed by atoms with Crippen LogP contribution in [-0.4, -0.2) is 44.9 Å². The third-order valence-corrected chi connectivity index (χ3v) is 7.26. The normalized spacial score (nSPS) is 18.0. The number of allylic oxidation sites excluding steroid dienone is 1. The summed E-state index contributed by atoms with van der Waals surface area (Å²) in [6, 6.07) is 4.46. The zero-order valence-electron chi connectivity index (χ0n) is 16.0. The minimum atomic E-state index is -3.69. The Labute approximate surface area is 171 Å². The summed E-state index contributed by atoms with van der Waals surface area (Å²) in [7, 11) is -3.69. The van der Waals surface area contributed by atoms with E-state index in [4.69, 9.17) is 16.3 Å². The van der Waals surface area contributed by atoms with E-state index in [1.54, 1.807) is 6.07 Å². The van der Waals surface area contributed by atoms with Crippen molar-refractivity contribution in [1.82, 2.24) is 9.62 Å². The largest absolute Gasteiger partial charge is 0.482 e. The van der Waals surface area contributed by atoms with Gasteiger partial charge in [-0.15, -0.1) is 0 Å². The summed E-state index contributed by atoms with van der Waals surface area (Å²) in [5.41, 5.74) is 1.39. The van der Waals surface area contributed by atoms with Crippen molar-refractivity contribution >= 4 is 27.5 Å². The fraction of sp³-hybridized carbons (Fsp3) is 0.550. The van der Waals surface area contributed by atoms with Crippen molar-refractivity contribution in [2.45, 2.75) is 49.8 Å². The molecule has 154 valence electrons. The molecular formula is C20H27ClN2O4S. The van der Waals surface area contributed by atoms with Gasteiger partial charge in [-0.05, 0) is 63.1 Å². The van der Waals surface area contributed by atoms with Crippen molar-refractivity contribution in [3.8, 4) is 5.75 Å². The average Bonchev–Trinajstić information content (AvgIpc) is 3.23. The van der Waals surface area contributed by atoms with Gasteiger partial charge in [0.2, 0.25) is 10.0 Å². The molecule has 1 fully saturated rings. The number of amides is 1. The Balaban J connectivity index is 1.58. The molecule has 6 nitrogen and oxygen atoms in total. The van der Waals surface area contributed by atoms with Crippen molar-refractivity contribution in [3.05, 3.63) is 34.9 Å². The predicted octanol–water partition coefficient (Wildman–Crippen LogP) is 3.51. The zero-order chi connectivity index (χ0) is 20.0.